The lowest BCUT2D eigenvalue weighted by Crippen LogP contribution is -2.13. The molecule has 23 heavy (non-hydrogen) atoms. The van der Waals surface area contributed by atoms with Gasteiger partial charge >= 0.3 is 0 Å². The molecule has 0 aliphatic rings. The minimum atomic E-state index is -0.515. The van der Waals surface area contributed by atoms with E-state index in [1.807, 2.05) is 25.1 Å². The van der Waals surface area contributed by atoms with E-state index in [1.165, 1.54) is 12.1 Å². The molecule has 0 aromatic heterocycles. The predicted molar refractivity (Wildman–Crippen MR) is 94.2 cm³/mol. The van der Waals surface area contributed by atoms with E-state index < -0.39 is 5.91 Å². The van der Waals surface area contributed by atoms with Gasteiger partial charge in [-0.2, -0.15) is 5.26 Å². The molecule has 2 N–H and O–H groups in total. The highest BCUT2D eigenvalue weighted by Crippen LogP contribution is 2.33. The summed E-state index contributed by atoms with van der Waals surface area (Å²) in [5.74, 6) is -0.607. The van der Waals surface area contributed by atoms with Gasteiger partial charge in [0.2, 0.25) is 0 Å². The van der Waals surface area contributed by atoms with Crippen molar-refractivity contribution in [2.24, 2.45) is 0 Å². The number of halogens is 2. The van der Waals surface area contributed by atoms with E-state index in [0.717, 1.165) is 5.56 Å². The normalized spacial score (nSPS) is 11.0. The average Bonchev–Trinajstić information content (AvgIpc) is 2.50. The number of hydrogen-bond acceptors (Lipinski definition) is 3. The number of phenols is 1. The molecule has 116 valence electrons. The van der Waals surface area contributed by atoms with Crippen molar-refractivity contribution >= 4 is 45.2 Å². The lowest BCUT2D eigenvalue weighted by atomic mass is 10.1. The number of aromatic hydroxyl groups is 1. The van der Waals surface area contributed by atoms with Gasteiger partial charge in [-0.05, 0) is 64.3 Å². The Bertz CT molecular complexity index is 818. The summed E-state index contributed by atoms with van der Waals surface area (Å²) in [5.41, 5.74) is 2.07. The number of carbonyl (C=O) groups is 1. The summed E-state index contributed by atoms with van der Waals surface area (Å²) in [5, 5.41) is 21.6. The number of amides is 1. The molecule has 0 bridgehead atoms. The van der Waals surface area contributed by atoms with Gasteiger partial charge in [-0.1, -0.05) is 23.7 Å². The molecule has 0 fully saturated rings. The number of nitriles is 1. The maximum absolute atomic E-state index is 12.2. The molecule has 2 rings (SSSR count). The lowest BCUT2D eigenvalue weighted by molar-refractivity contribution is -0.112. The van der Waals surface area contributed by atoms with Crippen molar-refractivity contribution < 1.29 is 9.90 Å². The first-order valence-electron chi connectivity index (χ1n) is 6.58. The van der Waals surface area contributed by atoms with Crippen molar-refractivity contribution in [3.05, 3.63) is 62.6 Å². The van der Waals surface area contributed by atoms with Gasteiger partial charge in [0.1, 0.15) is 17.4 Å². The predicted octanol–water partition coefficient (Wildman–Crippen LogP) is 4.66. The second-order valence-corrected chi connectivity index (χ2v) is 6.09. The Hall–Kier alpha value is -2.29. The quantitative estimate of drug-likeness (QED) is 0.590. The van der Waals surface area contributed by atoms with Crippen molar-refractivity contribution in [3.63, 3.8) is 0 Å². The first-order chi connectivity index (χ1) is 10.9. The number of phenolic OH excluding ortho intramolecular Hbond substituents is 1. The van der Waals surface area contributed by atoms with Gasteiger partial charge in [0.15, 0.2) is 0 Å². The van der Waals surface area contributed by atoms with E-state index in [2.05, 4.69) is 21.2 Å². The molecule has 0 aliphatic carbocycles. The zero-order chi connectivity index (χ0) is 17.0. The van der Waals surface area contributed by atoms with Gasteiger partial charge in [0.05, 0.1) is 9.50 Å². The molecule has 0 saturated carbocycles. The molecule has 0 heterocycles. The molecule has 0 unspecified atom stereocenters. The minimum Gasteiger partial charge on any atom is -0.505 e. The fourth-order valence-electron chi connectivity index (χ4n) is 1.90. The van der Waals surface area contributed by atoms with Crippen LogP contribution in [0.2, 0.25) is 5.02 Å². The SMILES string of the molecule is Cc1cccc(NC(=O)/C(C#N)=C\c2cc(Cl)c(O)c(Br)c2)c1. The zero-order valence-corrected chi connectivity index (χ0v) is 14.4. The van der Waals surface area contributed by atoms with Crippen LogP contribution in [0.5, 0.6) is 5.75 Å². The lowest BCUT2D eigenvalue weighted by Gasteiger charge is -2.06. The number of anilines is 1. The molecule has 2 aromatic rings. The van der Waals surface area contributed by atoms with Crippen molar-refractivity contribution in [3.8, 4) is 11.8 Å². The van der Waals surface area contributed by atoms with Gasteiger partial charge in [-0.15, -0.1) is 0 Å². The van der Waals surface area contributed by atoms with Gasteiger partial charge in [0.25, 0.3) is 5.91 Å². The van der Waals surface area contributed by atoms with E-state index in [0.29, 0.717) is 15.7 Å². The number of nitrogens with zero attached hydrogens (tertiary/aromatic N) is 1. The molecule has 0 saturated heterocycles. The van der Waals surface area contributed by atoms with Crippen LogP contribution >= 0.6 is 27.5 Å². The molecule has 6 heteroatoms. The van der Waals surface area contributed by atoms with E-state index in [9.17, 15) is 15.2 Å². The van der Waals surface area contributed by atoms with Gasteiger partial charge in [-0.3, -0.25) is 4.79 Å². The summed E-state index contributed by atoms with van der Waals surface area (Å²) in [6, 6.07) is 12.2. The highest BCUT2D eigenvalue weighted by molar-refractivity contribution is 9.10. The van der Waals surface area contributed by atoms with Crippen molar-refractivity contribution in [2.45, 2.75) is 6.92 Å². The maximum atomic E-state index is 12.2. The minimum absolute atomic E-state index is 0.0693. The third-order valence-corrected chi connectivity index (χ3v) is 3.88. The summed E-state index contributed by atoms with van der Waals surface area (Å²) < 4.78 is 0.382. The third-order valence-electron chi connectivity index (χ3n) is 2.99. The standard InChI is InChI=1S/C17H12BrClN2O2/c1-10-3-2-4-13(5-10)21-17(23)12(9-20)6-11-7-14(18)16(22)15(19)8-11/h2-8,22H,1H3,(H,21,23)/b12-6-. The van der Waals surface area contributed by atoms with Gasteiger partial charge < -0.3 is 10.4 Å². The monoisotopic (exact) mass is 390 g/mol. The van der Waals surface area contributed by atoms with Crippen LogP contribution in [-0.2, 0) is 4.79 Å². The van der Waals surface area contributed by atoms with Gasteiger partial charge in [0, 0.05) is 5.69 Å². The highest BCUT2D eigenvalue weighted by Gasteiger charge is 2.11. The summed E-state index contributed by atoms with van der Waals surface area (Å²) in [4.78, 5) is 12.2. The molecule has 0 atom stereocenters. The fraction of sp³-hybridized carbons (Fsp3) is 0.0588. The molecule has 0 aliphatic heterocycles. The Morgan fingerprint density at radius 3 is 2.74 bits per heavy atom. The van der Waals surface area contributed by atoms with Crippen LogP contribution < -0.4 is 5.32 Å². The Kier molecular flexibility index (Phi) is 5.43. The molecular formula is C17H12BrClN2O2. The van der Waals surface area contributed by atoms with Crippen LogP contribution in [0.25, 0.3) is 6.08 Å². The fourth-order valence-corrected chi connectivity index (χ4v) is 2.72. The van der Waals surface area contributed by atoms with Crippen molar-refractivity contribution in [2.75, 3.05) is 5.32 Å². The first kappa shape index (κ1) is 17.1. The zero-order valence-electron chi connectivity index (χ0n) is 12.1. The van der Waals surface area contributed by atoms with Crippen LogP contribution in [0.3, 0.4) is 0 Å². The summed E-state index contributed by atoms with van der Waals surface area (Å²) in [6.45, 7) is 1.91. The third kappa shape index (κ3) is 4.35. The number of rotatable bonds is 3. The molecule has 0 radical (unpaired) electrons. The summed E-state index contributed by atoms with van der Waals surface area (Å²) in [6.07, 6.45) is 1.40. The van der Waals surface area contributed by atoms with Crippen LogP contribution in [0.4, 0.5) is 5.69 Å². The van der Waals surface area contributed by atoms with Crippen LogP contribution in [0, 0.1) is 18.3 Å². The Morgan fingerprint density at radius 2 is 2.13 bits per heavy atom. The molecular weight excluding hydrogens is 380 g/mol. The maximum Gasteiger partial charge on any atom is 0.266 e. The number of nitrogens with one attached hydrogen (secondary N) is 1. The van der Waals surface area contributed by atoms with Crippen LogP contribution in [0.1, 0.15) is 11.1 Å². The van der Waals surface area contributed by atoms with E-state index in [-0.39, 0.29) is 16.3 Å². The van der Waals surface area contributed by atoms with E-state index in [1.54, 1.807) is 18.2 Å². The van der Waals surface area contributed by atoms with Crippen LogP contribution in [-0.4, -0.2) is 11.0 Å². The largest absolute Gasteiger partial charge is 0.505 e. The van der Waals surface area contributed by atoms with Gasteiger partial charge in [-0.25, -0.2) is 0 Å². The number of hydrogen-bond donors (Lipinski definition) is 2. The second-order valence-electron chi connectivity index (χ2n) is 4.83. The average molecular weight is 392 g/mol. The highest BCUT2D eigenvalue weighted by atomic mass is 79.9. The number of aryl methyl sites for hydroxylation is 1. The number of carbonyl (C=O) groups excluding carboxylic acids is 1. The Morgan fingerprint density at radius 1 is 1.39 bits per heavy atom. The second kappa shape index (κ2) is 7.32. The molecule has 2 aromatic carbocycles. The number of benzene rings is 2. The summed E-state index contributed by atoms with van der Waals surface area (Å²) >= 11 is 9.04. The molecule has 1 amide bonds. The van der Waals surface area contributed by atoms with E-state index >= 15 is 0 Å². The first-order valence-corrected chi connectivity index (χ1v) is 7.75. The Labute approximate surface area is 147 Å². The molecule has 0 spiro atoms. The summed E-state index contributed by atoms with van der Waals surface area (Å²) in [7, 11) is 0. The molecule has 4 nitrogen and oxygen atoms in total. The van der Waals surface area contributed by atoms with Crippen LogP contribution in [0.15, 0.2) is 46.4 Å². The topological polar surface area (TPSA) is 73.1 Å². The Balaban J connectivity index is 2.28. The smallest absolute Gasteiger partial charge is 0.266 e. The van der Waals surface area contributed by atoms with Crippen molar-refractivity contribution in [1.29, 1.82) is 5.26 Å². The van der Waals surface area contributed by atoms with E-state index in [4.69, 9.17) is 11.6 Å². The van der Waals surface area contributed by atoms with Crippen molar-refractivity contribution in [1.82, 2.24) is 0 Å².